The molecule has 124 valence electrons. The number of hydrogen-bond acceptors (Lipinski definition) is 3. The van der Waals surface area contributed by atoms with Crippen LogP contribution in [0.15, 0.2) is 0 Å². The van der Waals surface area contributed by atoms with Crippen molar-refractivity contribution in [2.75, 3.05) is 0 Å². The molecule has 0 aliphatic carbocycles. The predicted octanol–water partition coefficient (Wildman–Crippen LogP) is 6.05. The zero-order valence-corrected chi connectivity index (χ0v) is 15.7. The summed E-state index contributed by atoms with van der Waals surface area (Å²) >= 11 is 29.7. The summed E-state index contributed by atoms with van der Waals surface area (Å²) in [5.74, 6) is -1.50. The summed E-state index contributed by atoms with van der Waals surface area (Å²) in [6.07, 6.45) is 1.28. The van der Waals surface area contributed by atoms with Crippen molar-refractivity contribution in [1.82, 2.24) is 0 Å². The standard InChI is InChI=1S/C14H15Cl5O3/c1-3-4-5-7(6(2)20)14(21)22-13-11(18)9(16)8(15)10(17)12(13)19/h6-7,20H,3-5H2,1-2H3. The predicted molar refractivity (Wildman–Crippen MR) is 91.8 cm³/mol. The molecule has 0 saturated heterocycles. The number of aliphatic hydroxyl groups is 1. The molecule has 0 aliphatic rings. The van der Waals surface area contributed by atoms with E-state index in [9.17, 15) is 9.90 Å². The van der Waals surface area contributed by atoms with Gasteiger partial charge in [-0.3, -0.25) is 4.79 Å². The molecule has 0 fully saturated rings. The third-order valence-electron chi connectivity index (χ3n) is 3.13. The van der Waals surface area contributed by atoms with E-state index in [1.165, 1.54) is 6.92 Å². The van der Waals surface area contributed by atoms with Gasteiger partial charge in [0.1, 0.15) is 10.0 Å². The Morgan fingerprint density at radius 3 is 1.91 bits per heavy atom. The molecule has 0 spiro atoms. The van der Waals surface area contributed by atoms with Crippen LogP contribution in [0.3, 0.4) is 0 Å². The lowest BCUT2D eigenvalue weighted by atomic mass is 9.97. The Balaban J connectivity index is 3.10. The maximum Gasteiger partial charge on any atom is 0.317 e. The molecule has 0 saturated carbocycles. The Labute approximate surface area is 154 Å². The lowest BCUT2D eigenvalue weighted by Gasteiger charge is -2.19. The van der Waals surface area contributed by atoms with Crippen LogP contribution < -0.4 is 4.74 Å². The molecular formula is C14H15Cl5O3. The smallest absolute Gasteiger partial charge is 0.317 e. The van der Waals surface area contributed by atoms with E-state index in [0.717, 1.165) is 12.8 Å². The summed E-state index contributed by atoms with van der Waals surface area (Å²) in [6.45, 7) is 3.50. The first-order valence-electron chi connectivity index (χ1n) is 6.63. The largest absolute Gasteiger partial charge is 0.423 e. The molecule has 1 aromatic rings. The van der Waals surface area contributed by atoms with Gasteiger partial charge in [-0.2, -0.15) is 0 Å². The Morgan fingerprint density at radius 2 is 1.50 bits per heavy atom. The molecule has 8 heteroatoms. The molecule has 2 unspecified atom stereocenters. The van der Waals surface area contributed by atoms with Gasteiger partial charge in [0.15, 0.2) is 5.75 Å². The average molecular weight is 409 g/mol. The fourth-order valence-electron chi connectivity index (χ4n) is 1.83. The lowest BCUT2D eigenvalue weighted by Crippen LogP contribution is -2.30. The summed E-state index contributed by atoms with van der Waals surface area (Å²) in [5, 5.41) is 9.41. The highest BCUT2D eigenvalue weighted by atomic mass is 35.5. The maximum atomic E-state index is 12.3. The fraction of sp³-hybridized carbons (Fsp3) is 0.500. The van der Waals surface area contributed by atoms with Crippen LogP contribution in [0, 0.1) is 5.92 Å². The Hall–Kier alpha value is 0.1000. The van der Waals surface area contributed by atoms with Crippen LogP contribution >= 0.6 is 58.0 Å². The highest BCUT2D eigenvalue weighted by molar-refractivity contribution is 6.55. The van der Waals surface area contributed by atoms with Gasteiger partial charge in [0, 0.05) is 0 Å². The molecule has 0 amide bonds. The van der Waals surface area contributed by atoms with Crippen molar-refractivity contribution in [3.8, 4) is 5.75 Å². The highest BCUT2D eigenvalue weighted by Gasteiger charge is 2.28. The van der Waals surface area contributed by atoms with Gasteiger partial charge in [0.25, 0.3) is 0 Å². The van der Waals surface area contributed by atoms with E-state index in [2.05, 4.69) is 0 Å². The average Bonchev–Trinajstić information content (AvgIpc) is 2.47. The van der Waals surface area contributed by atoms with E-state index in [0.29, 0.717) is 6.42 Å². The van der Waals surface area contributed by atoms with Gasteiger partial charge in [-0.1, -0.05) is 77.8 Å². The van der Waals surface area contributed by atoms with E-state index in [-0.39, 0.29) is 30.9 Å². The van der Waals surface area contributed by atoms with Crippen molar-refractivity contribution in [2.24, 2.45) is 5.92 Å². The number of carbonyl (C=O) groups excluding carboxylic acids is 1. The minimum absolute atomic E-state index is 0.0174. The normalized spacial score (nSPS) is 13.8. The second kappa shape index (κ2) is 8.81. The number of ether oxygens (including phenoxy) is 1. The van der Waals surface area contributed by atoms with E-state index in [4.69, 9.17) is 62.7 Å². The zero-order chi connectivity index (χ0) is 17.0. The van der Waals surface area contributed by atoms with Gasteiger partial charge < -0.3 is 9.84 Å². The molecule has 0 bridgehead atoms. The second-order valence-corrected chi connectivity index (χ2v) is 6.70. The Bertz CT molecular complexity index is 531. The van der Waals surface area contributed by atoms with Gasteiger partial charge >= 0.3 is 5.97 Å². The number of benzene rings is 1. The second-order valence-electron chi connectivity index (χ2n) is 4.81. The summed E-state index contributed by atoms with van der Waals surface area (Å²) in [4.78, 5) is 12.3. The number of carbonyl (C=O) groups is 1. The summed E-state index contributed by atoms with van der Waals surface area (Å²) in [7, 11) is 0. The number of rotatable bonds is 6. The van der Waals surface area contributed by atoms with Crippen LogP contribution in [0.25, 0.3) is 0 Å². The van der Waals surface area contributed by atoms with Crippen LogP contribution in [0.2, 0.25) is 25.1 Å². The summed E-state index contributed by atoms with van der Waals surface area (Å²) < 4.78 is 5.22. The number of unbranched alkanes of at least 4 members (excludes halogenated alkanes) is 1. The molecule has 3 nitrogen and oxygen atoms in total. The Morgan fingerprint density at radius 1 is 1.05 bits per heavy atom. The van der Waals surface area contributed by atoms with Crippen molar-refractivity contribution in [3.05, 3.63) is 25.1 Å². The molecule has 1 rings (SSSR count). The van der Waals surface area contributed by atoms with Crippen molar-refractivity contribution in [2.45, 2.75) is 39.2 Å². The minimum atomic E-state index is -0.866. The van der Waals surface area contributed by atoms with Crippen molar-refractivity contribution in [1.29, 1.82) is 0 Å². The molecule has 0 radical (unpaired) electrons. The first kappa shape index (κ1) is 20.1. The number of aliphatic hydroxyl groups excluding tert-OH is 1. The van der Waals surface area contributed by atoms with Crippen LogP contribution in [0.1, 0.15) is 33.1 Å². The first-order chi connectivity index (χ1) is 10.2. The molecule has 1 N–H and O–H groups in total. The van der Waals surface area contributed by atoms with Crippen molar-refractivity contribution >= 4 is 64.0 Å². The van der Waals surface area contributed by atoms with Crippen molar-refractivity contribution in [3.63, 3.8) is 0 Å². The maximum absolute atomic E-state index is 12.3. The van der Waals surface area contributed by atoms with E-state index < -0.39 is 18.0 Å². The van der Waals surface area contributed by atoms with E-state index in [1.54, 1.807) is 0 Å². The SMILES string of the molecule is CCCCC(C(=O)Oc1c(Cl)c(Cl)c(Cl)c(Cl)c1Cl)C(C)O. The minimum Gasteiger partial charge on any atom is -0.423 e. The van der Waals surface area contributed by atoms with Gasteiger partial charge in [-0.05, 0) is 13.3 Å². The molecular weight excluding hydrogens is 393 g/mol. The van der Waals surface area contributed by atoms with Crippen LogP contribution in [-0.4, -0.2) is 17.2 Å². The molecule has 22 heavy (non-hydrogen) atoms. The molecule has 1 aromatic carbocycles. The monoisotopic (exact) mass is 406 g/mol. The number of esters is 1. The van der Waals surface area contributed by atoms with Crippen LogP contribution in [0.5, 0.6) is 5.75 Å². The number of hydrogen-bond donors (Lipinski definition) is 1. The lowest BCUT2D eigenvalue weighted by molar-refractivity contribution is -0.142. The van der Waals surface area contributed by atoms with Crippen LogP contribution in [0.4, 0.5) is 0 Å². The van der Waals surface area contributed by atoms with Crippen LogP contribution in [-0.2, 0) is 4.79 Å². The summed E-state index contributed by atoms with van der Waals surface area (Å²) in [5.41, 5.74) is 0. The molecule has 0 aromatic heterocycles. The van der Waals surface area contributed by atoms with Gasteiger partial charge in [0.05, 0.1) is 27.1 Å². The van der Waals surface area contributed by atoms with Gasteiger partial charge in [0.2, 0.25) is 0 Å². The molecule has 0 heterocycles. The van der Waals surface area contributed by atoms with Gasteiger partial charge in [-0.15, -0.1) is 0 Å². The topological polar surface area (TPSA) is 46.5 Å². The zero-order valence-electron chi connectivity index (χ0n) is 11.9. The third-order valence-corrected chi connectivity index (χ3v) is 5.37. The fourth-order valence-corrected chi connectivity index (χ4v) is 3.03. The highest BCUT2D eigenvalue weighted by Crippen LogP contribution is 2.48. The quantitative estimate of drug-likeness (QED) is 0.270. The molecule has 0 aliphatic heterocycles. The first-order valence-corrected chi connectivity index (χ1v) is 8.52. The van der Waals surface area contributed by atoms with E-state index in [1.807, 2.05) is 6.92 Å². The van der Waals surface area contributed by atoms with Gasteiger partial charge in [-0.25, -0.2) is 0 Å². The molecule has 2 atom stereocenters. The van der Waals surface area contributed by atoms with Crippen molar-refractivity contribution < 1.29 is 14.6 Å². The van der Waals surface area contributed by atoms with E-state index >= 15 is 0 Å². The number of halogens is 5. The Kier molecular flexibility index (Phi) is 8.07. The third kappa shape index (κ3) is 4.56. The summed E-state index contributed by atoms with van der Waals surface area (Å²) in [6, 6.07) is 0.